The summed E-state index contributed by atoms with van der Waals surface area (Å²) >= 11 is 0. The van der Waals surface area contributed by atoms with Gasteiger partial charge in [0.2, 0.25) is 0 Å². The number of halogens is 1. The molecule has 0 aliphatic rings. The zero-order valence-electron chi connectivity index (χ0n) is 11.3. The molecule has 19 heavy (non-hydrogen) atoms. The fraction of sp³-hybridized carbons (Fsp3) is 0.188. The Morgan fingerprint density at radius 3 is 2.37 bits per heavy atom. The maximum Gasteiger partial charge on any atom is 0.193 e. The molecule has 3 heteroatoms. The Hall–Kier alpha value is -2.16. The van der Waals surface area contributed by atoms with Gasteiger partial charge in [-0.3, -0.25) is 4.79 Å². The lowest BCUT2D eigenvalue weighted by Gasteiger charge is -2.09. The van der Waals surface area contributed by atoms with Gasteiger partial charge in [0.05, 0.1) is 0 Å². The maximum absolute atomic E-state index is 13.6. The molecule has 0 saturated carbocycles. The van der Waals surface area contributed by atoms with Crippen molar-refractivity contribution < 1.29 is 9.18 Å². The highest BCUT2D eigenvalue weighted by molar-refractivity contribution is 6.10. The summed E-state index contributed by atoms with van der Waals surface area (Å²) in [6.07, 6.45) is 0. The van der Waals surface area contributed by atoms with Crippen molar-refractivity contribution in [2.75, 3.05) is 5.73 Å². The summed E-state index contributed by atoms with van der Waals surface area (Å²) in [5.74, 6) is -0.656. The smallest absolute Gasteiger partial charge is 0.193 e. The van der Waals surface area contributed by atoms with Crippen molar-refractivity contribution in [3.8, 4) is 0 Å². The van der Waals surface area contributed by atoms with Gasteiger partial charge in [0, 0.05) is 22.4 Å². The molecule has 0 amide bonds. The van der Waals surface area contributed by atoms with Crippen LogP contribution in [0.5, 0.6) is 0 Å². The maximum atomic E-state index is 13.6. The SMILES string of the molecule is Cc1ccc(C(=O)c2cc(N)c(C)c(F)c2)c(C)c1. The second-order valence-corrected chi connectivity index (χ2v) is 4.82. The summed E-state index contributed by atoms with van der Waals surface area (Å²) < 4.78 is 13.6. The number of hydrogen-bond donors (Lipinski definition) is 1. The first kappa shape index (κ1) is 13.3. The van der Waals surface area contributed by atoms with Crippen molar-refractivity contribution in [2.45, 2.75) is 20.8 Å². The Morgan fingerprint density at radius 1 is 1.11 bits per heavy atom. The van der Waals surface area contributed by atoms with Crippen LogP contribution in [0, 0.1) is 26.6 Å². The van der Waals surface area contributed by atoms with Gasteiger partial charge in [0.15, 0.2) is 5.78 Å². The van der Waals surface area contributed by atoms with E-state index in [9.17, 15) is 9.18 Å². The molecule has 0 unspecified atom stereocenters. The first-order chi connectivity index (χ1) is 8.90. The molecule has 98 valence electrons. The van der Waals surface area contributed by atoms with Crippen LogP contribution in [0.2, 0.25) is 0 Å². The Balaban J connectivity index is 2.50. The molecular weight excluding hydrogens is 241 g/mol. The second-order valence-electron chi connectivity index (χ2n) is 4.82. The standard InChI is InChI=1S/C16H16FNO/c1-9-4-5-13(10(2)6-9)16(19)12-7-14(17)11(3)15(18)8-12/h4-8H,18H2,1-3H3. The summed E-state index contributed by atoms with van der Waals surface area (Å²) in [6, 6.07) is 8.34. The zero-order chi connectivity index (χ0) is 14.2. The lowest BCUT2D eigenvalue weighted by Crippen LogP contribution is -2.06. The number of benzene rings is 2. The highest BCUT2D eigenvalue weighted by Gasteiger charge is 2.14. The number of carbonyl (C=O) groups is 1. The van der Waals surface area contributed by atoms with E-state index in [2.05, 4.69) is 0 Å². The molecular formula is C16H16FNO. The van der Waals surface area contributed by atoms with Gasteiger partial charge in [0.1, 0.15) is 5.82 Å². The van der Waals surface area contributed by atoms with E-state index in [1.807, 2.05) is 26.0 Å². The number of anilines is 1. The predicted molar refractivity (Wildman–Crippen MR) is 74.9 cm³/mol. The molecule has 2 rings (SSSR count). The van der Waals surface area contributed by atoms with Crippen molar-refractivity contribution in [1.29, 1.82) is 0 Å². The molecule has 0 radical (unpaired) electrons. The molecule has 0 aliphatic heterocycles. The van der Waals surface area contributed by atoms with E-state index in [1.165, 1.54) is 12.1 Å². The average molecular weight is 257 g/mol. The van der Waals surface area contributed by atoms with E-state index in [0.29, 0.717) is 16.8 Å². The van der Waals surface area contributed by atoms with Crippen LogP contribution in [0.25, 0.3) is 0 Å². The molecule has 0 bridgehead atoms. The van der Waals surface area contributed by atoms with Gasteiger partial charge in [-0.05, 0) is 38.5 Å². The Labute approximate surface area is 112 Å². The highest BCUT2D eigenvalue weighted by Crippen LogP contribution is 2.21. The van der Waals surface area contributed by atoms with Gasteiger partial charge in [-0.25, -0.2) is 4.39 Å². The average Bonchev–Trinajstić information content (AvgIpc) is 2.34. The van der Waals surface area contributed by atoms with E-state index < -0.39 is 5.82 Å². The van der Waals surface area contributed by atoms with Gasteiger partial charge in [0.25, 0.3) is 0 Å². The fourth-order valence-electron chi connectivity index (χ4n) is 2.06. The van der Waals surface area contributed by atoms with Gasteiger partial charge in [-0.1, -0.05) is 23.8 Å². The van der Waals surface area contributed by atoms with Gasteiger partial charge < -0.3 is 5.73 Å². The number of ketones is 1. The van der Waals surface area contributed by atoms with Crippen LogP contribution < -0.4 is 5.73 Å². The lowest BCUT2D eigenvalue weighted by atomic mass is 9.96. The molecule has 0 atom stereocenters. The first-order valence-corrected chi connectivity index (χ1v) is 6.07. The van der Waals surface area contributed by atoms with E-state index in [0.717, 1.165) is 11.1 Å². The Bertz CT molecular complexity index is 639. The van der Waals surface area contributed by atoms with Crippen LogP contribution in [-0.4, -0.2) is 5.78 Å². The summed E-state index contributed by atoms with van der Waals surface area (Å²) in [7, 11) is 0. The van der Waals surface area contributed by atoms with Crippen LogP contribution in [-0.2, 0) is 0 Å². The van der Waals surface area contributed by atoms with Crippen LogP contribution in [0.4, 0.5) is 10.1 Å². The highest BCUT2D eigenvalue weighted by atomic mass is 19.1. The molecule has 0 heterocycles. The first-order valence-electron chi connectivity index (χ1n) is 6.07. The zero-order valence-corrected chi connectivity index (χ0v) is 11.3. The molecule has 2 N–H and O–H groups in total. The van der Waals surface area contributed by atoms with Gasteiger partial charge in [-0.15, -0.1) is 0 Å². The van der Waals surface area contributed by atoms with Crippen LogP contribution in [0.15, 0.2) is 30.3 Å². The molecule has 2 aromatic carbocycles. The van der Waals surface area contributed by atoms with Gasteiger partial charge >= 0.3 is 0 Å². The monoisotopic (exact) mass is 257 g/mol. The minimum Gasteiger partial charge on any atom is -0.398 e. The van der Waals surface area contributed by atoms with E-state index >= 15 is 0 Å². The summed E-state index contributed by atoms with van der Waals surface area (Å²) in [5, 5.41) is 0. The molecule has 0 aromatic heterocycles. The quantitative estimate of drug-likeness (QED) is 0.660. The molecule has 2 aromatic rings. The largest absolute Gasteiger partial charge is 0.398 e. The van der Waals surface area contributed by atoms with Crippen molar-refractivity contribution in [2.24, 2.45) is 0 Å². The third-order valence-corrected chi connectivity index (χ3v) is 3.27. The minimum atomic E-state index is -0.451. The molecule has 0 aliphatic carbocycles. The summed E-state index contributed by atoms with van der Waals surface area (Å²) in [6.45, 7) is 5.43. The van der Waals surface area contributed by atoms with E-state index in [-0.39, 0.29) is 11.3 Å². The van der Waals surface area contributed by atoms with Crippen LogP contribution in [0.1, 0.15) is 32.6 Å². The lowest BCUT2D eigenvalue weighted by molar-refractivity contribution is 0.103. The molecule has 0 fully saturated rings. The fourth-order valence-corrected chi connectivity index (χ4v) is 2.06. The van der Waals surface area contributed by atoms with Gasteiger partial charge in [-0.2, -0.15) is 0 Å². The Morgan fingerprint density at radius 2 is 1.79 bits per heavy atom. The van der Waals surface area contributed by atoms with E-state index in [4.69, 9.17) is 5.73 Å². The predicted octanol–water partition coefficient (Wildman–Crippen LogP) is 3.56. The normalized spacial score (nSPS) is 10.5. The minimum absolute atomic E-state index is 0.205. The number of nitrogens with two attached hydrogens (primary N) is 1. The summed E-state index contributed by atoms with van der Waals surface area (Å²) in [4.78, 5) is 12.4. The van der Waals surface area contributed by atoms with Crippen molar-refractivity contribution >= 4 is 11.5 Å². The van der Waals surface area contributed by atoms with Crippen molar-refractivity contribution in [3.63, 3.8) is 0 Å². The second kappa shape index (κ2) is 4.84. The van der Waals surface area contributed by atoms with Crippen LogP contribution in [0.3, 0.4) is 0 Å². The molecule has 0 saturated heterocycles. The third-order valence-electron chi connectivity index (χ3n) is 3.27. The Kier molecular flexibility index (Phi) is 3.38. The number of aryl methyl sites for hydroxylation is 2. The topological polar surface area (TPSA) is 43.1 Å². The number of nitrogen functional groups attached to an aromatic ring is 1. The number of rotatable bonds is 2. The molecule has 2 nitrogen and oxygen atoms in total. The van der Waals surface area contributed by atoms with Crippen molar-refractivity contribution in [3.05, 3.63) is 64.0 Å². The third kappa shape index (κ3) is 2.50. The number of carbonyl (C=O) groups excluding carboxylic acids is 1. The number of hydrogen-bond acceptors (Lipinski definition) is 2. The summed E-state index contributed by atoms with van der Waals surface area (Å²) in [5.41, 5.74) is 9.21. The van der Waals surface area contributed by atoms with Crippen molar-refractivity contribution in [1.82, 2.24) is 0 Å². The van der Waals surface area contributed by atoms with E-state index in [1.54, 1.807) is 13.0 Å². The molecule has 0 spiro atoms. The van der Waals surface area contributed by atoms with Crippen LogP contribution >= 0.6 is 0 Å².